The predicted molar refractivity (Wildman–Crippen MR) is 118 cm³/mol. The van der Waals surface area contributed by atoms with Crippen LogP contribution in [0, 0.1) is 5.92 Å². The van der Waals surface area contributed by atoms with Gasteiger partial charge < -0.3 is 19.5 Å². The number of Topliss-reactive ketones (excluding diaryl/α,β-unsaturated/α-hetero) is 1. The summed E-state index contributed by atoms with van der Waals surface area (Å²) in [5, 5.41) is 11.1. The van der Waals surface area contributed by atoms with Gasteiger partial charge in [0.15, 0.2) is 17.2 Å². The molecule has 1 atom stereocenters. The van der Waals surface area contributed by atoms with Crippen molar-refractivity contribution in [3.8, 4) is 0 Å². The maximum absolute atomic E-state index is 12.9. The molecule has 6 nitrogen and oxygen atoms in total. The Balaban J connectivity index is 1.92. The molecule has 1 aliphatic carbocycles. The van der Waals surface area contributed by atoms with Gasteiger partial charge in [0.25, 0.3) is 0 Å². The zero-order chi connectivity index (χ0) is 22.8. The van der Waals surface area contributed by atoms with Crippen LogP contribution in [0.15, 0.2) is 65.2 Å². The lowest BCUT2D eigenvalue weighted by Gasteiger charge is -2.34. The van der Waals surface area contributed by atoms with E-state index in [1.54, 1.807) is 37.9 Å². The van der Waals surface area contributed by atoms with Crippen molar-refractivity contribution in [2.24, 2.45) is 5.92 Å². The Hall–Kier alpha value is -2.86. The maximum atomic E-state index is 12.9. The SMILES string of the molecule is CC(C)CN1C=C2CC(=O)C(OCc3ccccc3)C=C2C(O)=C1C(=O)OC(C)(C)C. The quantitative estimate of drug-likeness (QED) is 0.679. The minimum absolute atomic E-state index is 0.0797. The number of carbonyl (C=O) groups excluding carboxylic acids is 2. The molecular formula is C25H31NO5. The summed E-state index contributed by atoms with van der Waals surface area (Å²) in [5.74, 6) is -0.619. The molecule has 1 aliphatic heterocycles. The summed E-state index contributed by atoms with van der Waals surface area (Å²) in [7, 11) is 0. The molecule has 2 aliphatic rings. The topological polar surface area (TPSA) is 76.1 Å². The molecule has 0 fully saturated rings. The maximum Gasteiger partial charge on any atom is 0.359 e. The number of esters is 1. The number of ether oxygens (including phenoxy) is 2. The molecule has 31 heavy (non-hydrogen) atoms. The number of aliphatic hydroxyl groups is 1. The van der Waals surface area contributed by atoms with Crippen LogP contribution < -0.4 is 0 Å². The van der Waals surface area contributed by atoms with Crippen LogP contribution in [-0.4, -0.2) is 40.0 Å². The number of allylic oxidation sites excluding steroid dienone is 1. The van der Waals surface area contributed by atoms with E-state index in [1.807, 2.05) is 44.2 Å². The first-order valence-electron chi connectivity index (χ1n) is 10.6. The second kappa shape index (κ2) is 9.10. The predicted octanol–water partition coefficient (Wildman–Crippen LogP) is 4.44. The molecule has 0 saturated carbocycles. The summed E-state index contributed by atoms with van der Waals surface area (Å²) >= 11 is 0. The number of fused-ring (bicyclic) bond motifs is 1. The molecule has 166 valence electrons. The summed E-state index contributed by atoms with van der Waals surface area (Å²) in [6, 6.07) is 9.59. The Bertz CT molecular complexity index is 934. The van der Waals surface area contributed by atoms with Gasteiger partial charge in [-0.05, 0) is 43.9 Å². The van der Waals surface area contributed by atoms with Gasteiger partial charge in [0.1, 0.15) is 11.7 Å². The van der Waals surface area contributed by atoms with E-state index in [0.29, 0.717) is 17.7 Å². The van der Waals surface area contributed by atoms with Crippen molar-refractivity contribution >= 4 is 11.8 Å². The molecule has 1 unspecified atom stereocenters. The average Bonchev–Trinajstić information content (AvgIpc) is 2.65. The zero-order valence-electron chi connectivity index (χ0n) is 18.8. The van der Waals surface area contributed by atoms with Crippen molar-refractivity contribution in [3.63, 3.8) is 0 Å². The highest BCUT2D eigenvalue weighted by atomic mass is 16.6. The van der Waals surface area contributed by atoms with E-state index in [0.717, 1.165) is 5.56 Å². The molecule has 0 spiro atoms. The van der Waals surface area contributed by atoms with Crippen LogP contribution in [0.3, 0.4) is 0 Å². The molecule has 0 amide bonds. The molecule has 3 rings (SSSR count). The Morgan fingerprint density at radius 1 is 1.23 bits per heavy atom. The lowest BCUT2D eigenvalue weighted by molar-refractivity contribution is -0.151. The minimum Gasteiger partial charge on any atom is -0.505 e. The lowest BCUT2D eigenvalue weighted by Crippen LogP contribution is -2.37. The van der Waals surface area contributed by atoms with Crippen LogP contribution in [0.1, 0.15) is 46.6 Å². The van der Waals surface area contributed by atoms with Crippen LogP contribution in [-0.2, 0) is 25.7 Å². The third-order valence-corrected chi connectivity index (χ3v) is 4.85. The van der Waals surface area contributed by atoms with E-state index in [1.165, 1.54) is 0 Å². The van der Waals surface area contributed by atoms with Crippen molar-refractivity contribution in [1.29, 1.82) is 0 Å². The second-order valence-corrected chi connectivity index (χ2v) is 9.34. The molecule has 1 aromatic carbocycles. The van der Waals surface area contributed by atoms with Gasteiger partial charge in [-0.2, -0.15) is 0 Å². The van der Waals surface area contributed by atoms with Gasteiger partial charge in [-0.25, -0.2) is 4.79 Å². The van der Waals surface area contributed by atoms with Gasteiger partial charge in [-0.15, -0.1) is 0 Å². The summed E-state index contributed by atoms with van der Waals surface area (Å²) in [4.78, 5) is 27.3. The highest BCUT2D eigenvalue weighted by Crippen LogP contribution is 2.36. The van der Waals surface area contributed by atoms with Gasteiger partial charge in [0, 0.05) is 24.7 Å². The number of nitrogens with zero attached hydrogens (tertiary/aromatic N) is 1. The lowest BCUT2D eigenvalue weighted by atomic mass is 9.87. The first-order valence-corrected chi connectivity index (χ1v) is 10.6. The molecule has 1 N–H and O–H groups in total. The number of carbonyl (C=O) groups is 2. The molecule has 0 radical (unpaired) electrons. The van der Waals surface area contributed by atoms with E-state index >= 15 is 0 Å². The fourth-order valence-electron chi connectivity index (χ4n) is 3.58. The zero-order valence-corrected chi connectivity index (χ0v) is 18.8. The van der Waals surface area contributed by atoms with E-state index in [-0.39, 0.29) is 36.2 Å². The third-order valence-electron chi connectivity index (χ3n) is 4.85. The van der Waals surface area contributed by atoms with E-state index in [9.17, 15) is 14.7 Å². The highest BCUT2D eigenvalue weighted by Gasteiger charge is 2.37. The number of hydrogen-bond acceptors (Lipinski definition) is 6. The van der Waals surface area contributed by atoms with Crippen molar-refractivity contribution < 1.29 is 24.2 Å². The molecule has 0 aromatic heterocycles. The summed E-state index contributed by atoms with van der Waals surface area (Å²) in [6.07, 6.45) is 2.72. The molecular weight excluding hydrogens is 394 g/mol. The van der Waals surface area contributed by atoms with Crippen LogP contribution >= 0.6 is 0 Å². The van der Waals surface area contributed by atoms with Crippen molar-refractivity contribution in [3.05, 3.63) is 70.8 Å². The Morgan fingerprint density at radius 3 is 2.52 bits per heavy atom. The van der Waals surface area contributed by atoms with Gasteiger partial charge in [0.2, 0.25) is 0 Å². The van der Waals surface area contributed by atoms with Gasteiger partial charge >= 0.3 is 5.97 Å². The Morgan fingerprint density at radius 2 is 1.90 bits per heavy atom. The van der Waals surface area contributed by atoms with Crippen molar-refractivity contribution in [2.75, 3.05) is 6.54 Å². The fraction of sp³-hybridized carbons (Fsp3) is 0.440. The summed E-state index contributed by atoms with van der Waals surface area (Å²) in [6.45, 7) is 10.2. The molecule has 0 saturated heterocycles. The number of benzene rings is 1. The molecule has 1 aromatic rings. The van der Waals surface area contributed by atoms with Gasteiger partial charge in [-0.3, -0.25) is 4.79 Å². The summed E-state index contributed by atoms with van der Waals surface area (Å²) < 4.78 is 11.4. The van der Waals surface area contributed by atoms with E-state index in [2.05, 4.69) is 0 Å². The first-order chi connectivity index (χ1) is 14.5. The number of ketones is 1. The minimum atomic E-state index is -0.786. The number of hydrogen-bond donors (Lipinski definition) is 1. The number of aliphatic hydroxyl groups excluding tert-OH is 1. The molecule has 1 heterocycles. The molecule has 6 heteroatoms. The van der Waals surface area contributed by atoms with Crippen molar-refractivity contribution in [1.82, 2.24) is 4.90 Å². The van der Waals surface area contributed by atoms with Crippen LogP contribution in [0.2, 0.25) is 0 Å². The normalized spacial score (nSPS) is 19.2. The monoisotopic (exact) mass is 425 g/mol. The third kappa shape index (κ3) is 5.64. The second-order valence-electron chi connectivity index (χ2n) is 9.34. The number of rotatable bonds is 6. The first kappa shape index (κ1) is 22.8. The van der Waals surface area contributed by atoms with E-state index in [4.69, 9.17) is 9.47 Å². The van der Waals surface area contributed by atoms with Gasteiger partial charge in [-0.1, -0.05) is 44.2 Å². The van der Waals surface area contributed by atoms with Gasteiger partial charge in [0.05, 0.1) is 6.61 Å². The van der Waals surface area contributed by atoms with Crippen molar-refractivity contribution in [2.45, 2.75) is 59.4 Å². The standard InChI is InChI=1S/C25H31NO5/c1-16(2)13-26-14-18-11-20(27)21(30-15-17-9-7-6-8-10-17)12-19(18)23(28)22(26)24(29)31-25(3,4)5/h6-10,12,14,16,21,28H,11,13,15H2,1-5H3. The average molecular weight is 426 g/mol. The Labute approximate surface area is 183 Å². The smallest absolute Gasteiger partial charge is 0.359 e. The molecule has 0 bridgehead atoms. The van der Waals surface area contributed by atoms with Crippen LogP contribution in [0.4, 0.5) is 0 Å². The van der Waals surface area contributed by atoms with E-state index < -0.39 is 17.7 Å². The highest BCUT2D eigenvalue weighted by molar-refractivity contribution is 5.94. The van der Waals surface area contributed by atoms with Crippen LogP contribution in [0.25, 0.3) is 0 Å². The Kier molecular flexibility index (Phi) is 6.70. The summed E-state index contributed by atoms with van der Waals surface area (Å²) in [5.41, 5.74) is 1.48. The fourth-order valence-corrected chi connectivity index (χ4v) is 3.58. The largest absolute Gasteiger partial charge is 0.505 e. The van der Waals surface area contributed by atoms with Crippen LogP contribution in [0.5, 0.6) is 0 Å².